The minimum Gasteiger partial charge on any atom is -0.352 e. The summed E-state index contributed by atoms with van der Waals surface area (Å²) < 4.78 is 0. The molecule has 0 spiro atoms. The lowest BCUT2D eigenvalue weighted by atomic mass is 10.1. The van der Waals surface area contributed by atoms with E-state index in [0.29, 0.717) is 6.04 Å². The van der Waals surface area contributed by atoms with Gasteiger partial charge in [0.2, 0.25) is 5.91 Å². The Bertz CT molecular complexity index is 264. The fourth-order valence-electron chi connectivity index (χ4n) is 2.89. The summed E-state index contributed by atoms with van der Waals surface area (Å²) in [5, 5.41) is 6.53. The molecule has 1 aliphatic heterocycles. The Kier molecular flexibility index (Phi) is 7.39. The number of hydrogen-bond acceptors (Lipinski definition) is 3. The molecule has 0 aromatic carbocycles. The fraction of sp³-hybridized carbons (Fsp3) is 0.933. The average Bonchev–Trinajstić information content (AvgIpc) is 2.88. The van der Waals surface area contributed by atoms with Crippen LogP contribution in [0, 0.1) is 0 Å². The van der Waals surface area contributed by atoms with Crippen molar-refractivity contribution in [3.63, 3.8) is 0 Å². The van der Waals surface area contributed by atoms with Gasteiger partial charge in [0, 0.05) is 18.6 Å². The Labute approximate surface area is 118 Å². The van der Waals surface area contributed by atoms with Gasteiger partial charge in [-0.1, -0.05) is 20.3 Å². The third-order valence-electron chi connectivity index (χ3n) is 3.97. The number of nitrogens with zero attached hydrogens (tertiary/aromatic N) is 1. The van der Waals surface area contributed by atoms with Crippen molar-refractivity contribution in [2.45, 2.75) is 71.5 Å². The Balaban J connectivity index is 2.54. The molecule has 1 aliphatic rings. The maximum atomic E-state index is 12.3. The zero-order valence-corrected chi connectivity index (χ0v) is 13.0. The van der Waals surface area contributed by atoms with Crippen molar-refractivity contribution in [3.05, 3.63) is 0 Å². The van der Waals surface area contributed by atoms with Crippen molar-refractivity contribution < 1.29 is 4.79 Å². The second-order valence-electron chi connectivity index (χ2n) is 5.76. The van der Waals surface area contributed by atoms with Crippen molar-refractivity contribution in [2.24, 2.45) is 0 Å². The van der Waals surface area contributed by atoms with Crippen LogP contribution in [-0.2, 0) is 4.79 Å². The number of amides is 1. The van der Waals surface area contributed by atoms with Gasteiger partial charge in [-0.25, -0.2) is 0 Å². The van der Waals surface area contributed by atoms with Gasteiger partial charge in [-0.2, -0.15) is 0 Å². The van der Waals surface area contributed by atoms with Gasteiger partial charge in [-0.05, 0) is 46.2 Å². The molecule has 3 atom stereocenters. The lowest BCUT2D eigenvalue weighted by molar-refractivity contribution is -0.127. The minimum absolute atomic E-state index is 0.0239. The van der Waals surface area contributed by atoms with Crippen LogP contribution >= 0.6 is 0 Å². The summed E-state index contributed by atoms with van der Waals surface area (Å²) in [5.74, 6) is 0.182. The summed E-state index contributed by atoms with van der Waals surface area (Å²) in [5.41, 5.74) is 0. The van der Waals surface area contributed by atoms with Crippen molar-refractivity contribution in [1.82, 2.24) is 15.5 Å². The number of hydrogen-bond donors (Lipinski definition) is 2. The van der Waals surface area contributed by atoms with Crippen LogP contribution in [0.3, 0.4) is 0 Å². The number of carbonyl (C=O) groups excluding carboxylic acids is 1. The highest BCUT2D eigenvalue weighted by Crippen LogP contribution is 2.13. The molecule has 0 radical (unpaired) electrons. The van der Waals surface area contributed by atoms with Crippen LogP contribution in [0.2, 0.25) is 0 Å². The van der Waals surface area contributed by atoms with E-state index >= 15 is 0 Å². The van der Waals surface area contributed by atoms with Crippen molar-refractivity contribution in [2.75, 3.05) is 19.6 Å². The topological polar surface area (TPSA) is 44.4 Å². The van der Waals surface area contributed by atoms with Gasteiger partial charge >= 0.3 is 0 Å². The zero-order valence-electron chi connectivity index (χ0n) is 13.0. The molecule has 4 heteroatoms. The highest BCUT2D eigenvalue weighted by atomic mass is 16.2. The van der Waals surface area contributed by atoms with Crippen LogP contribution in [0.5, 0.6) is 0 Å². The average molecular weight is 269 g/mol. The summed E-state index contributed by atoms with van der Waals surface area (Å²) in [7, 11) is 0. The SMILES string of the molecule is CCCC(C)NC(=O)C(C)N(CCC)C1CCNC1. The maximum absolute atomic E-state index is 12.3. The van der Waals surface area contributed by atoms with Gasteiger partial charge in [0.15, 0.2) is 0 Å². The van der Waals surface area contributed by atoms with Gasteiger partial charge in [-0.3, -0.25) is 9.69 Å². The van der Waals surface area contributed by atoms with E-state index < -0.39 is 0 Å². The van der Waals surface area contributed by atoms with E-state index in [2.05, 4.69) is 36.3 Å². The lowest BCUT2D eigenvalue weighted by Gasteiger charge is -2.33. The first-order valence-electron chi connectivity index (χ1n) is 7.86. The second-order valence-corrected chi connectivity index (χ2v) is 5.76. The van der Waals surface area contributed by atoms with E-state index in [-0.39, 0.29) is 18.0 Å². The van der Waals surface area contributed by atoms with Crippen molar-refractivity contribution in [1.29, 1.82) is 0 Å². The van der Waals surface area contributed by atoms with E-state index in [1.807, 2.05) is 6.92 Å². The van der Waals surface area contributed by atoms with E-state index in [1.165, 1.54) is 0 Å². The monoisotopic (exact) mass is 269 g/mol. The van der Waals surface area contributed by atoms with Gasteiger partial charge < -0.3 is 10.6 Å². The van der Waals surface area contributed by atoms with Crippen LogP contribution in [0.15, 0.2) is 0 Å². The number of rotatable bonds is 8. The van der Waals surface area contributed by atoms with Crippen LogP contribution in [-0.4, -0.2) is 48.6 Å². The highest BCUT2D eigenvalue weighted by Gasteiger charge is 2.29. The van der Waals surface area contributed by atoms with E-state index in [4.69, 9.17) is 0 Å². The summed E-state index contributed by atoms with van der Waals surface area (Å²) in [4.78, 5) is 14.7. The Morgan fingerprint density at radius 1 is 1.37 bits per heavy atom. The molecule has 0 bridgehead atoms. The maximum Gasteiger partial charge on any atom is 0.237 e. The summed E-state index contributed by atoms with van der Waals surface area (Å²) >= 11 is 0. The summed E-state index contributed by atoms with van der Waals surface area (Å²) in [6.45, 7) is 11.6. The molecule has 2 N–H and O–H groups in total. The Morgan fingerprint density at radius 2 is 2.11 bits per heavy atom. The van der Waals surface area contributed by atoms with Crippen LogP contribution < -0.4 is 10.6 Å². The molecule has 19 heavy (non-hydrogen) atoms. The van der Waals surface area contributed by atoms with Crippen LogP contribution in [0.25, 0.3) is 0 Å². The molecule has 112 valence electrons. The van der Waals surface area contributed by atoms with E-state index in [9.17, 15) is 4.79 Å². The molecular formula is C15H31N3O. The van der Waals surface area contributed by atoms with Gasteiger partial charge in [0.25, 0.3) is 0 Å². The molecule has 0 aliphatic carbocycles. The molecule has 4 nitrogen and oxygen atoms in total. The normalized spacial score (nSPS) is 22.5. The predicted molar refractivity (Wildman–Crippen MR) is 80.2 cm³/mol. The third-order valence-corrected chi connectivity index (χ3v) is 3.97. The Morgan fingerprint density at radius 3 is 2.63 bits per heavy atom. The molecule has 1 rings (SSSR count). The predicted octanol–water partition coefficient (Wildman–Crippen LogP) is 1.75. The van der Waals surface area contributed by atoms with Gasteiger partial charge in [-0.15, -0.1) is 0 Å². The summed E-state index contributed by atoms with van der Waals surface area (Å²) in [6, 6.07) is 0.775. The number of nitrogens with one attached hydrogen (secondary N) is 2. The summed E-state index contributed by atoms with van der Waals surface area (Å²) in [6.07, 6.45) is 4.42. The lowest BCUT2D eigenvalue weighted by Crippen LogP contribution is -2.52. The zero-order chi connectivity index (χ0) is 14.3. The minimum atomic E-state index is -0.0239. The smallest absolute Gasteiger partial charge is 0.237 e. The van der Waals surface area contributed by atoms with Gasteiger partial charge in [0.1, 0.15) is 0 Å². The number of carbonyl (C=O) groups is 1. The molecule has 0 saturated carbocycles. The Hall–Kier alpha value is -0.610. The molecule has 0 aromatic rings. The quantitative estimate of drug-likeness (QED) is 0.705. The van der Waals surface area contributed by atoms with Crippen LogP contribution in [0.4, 0.5) is 0 Å². The first-order chi connectivity index (χ1) is 9.10. The molecule has 1 amide bonds. The van der Waals surface area contributed by atoms with Crippen molar-refractivity contribution in [3.8, 4) is 0 Å². The molecular weight excluding hydrogens is 238 g/mol. The van der Waals surface area contributed by atoms with E-state index in [1.54, 1.807) is 0 Å². The molecule has 1 fully saturated rings. The molecule has 1 heterocycles. The van der Waals surface area contributed by atoms with Crippen molar-refractivity contribution >= 4 is 5.91 Å². The third kappa shape index (κ3) is 5.11. The van der Waals surface area contributed by atoms with Gasteiger partial charge in [0.05, 0.1) is 6.04 Å². The second kappa shape index (κ2) is 8.54. The first kappa shape index (κ1) is 16.4. The standard InChI is InChI=1S/C15H31N3O/c1-5-7-12(3)17-15(19)13(4)18(10-6-2)14-8-9-16-11-14/h12-14,16H,5-11H2,1-4H3,(H,17,19). The molecule has 3 unspecified atom stereocenters. The highest BCUT2D eigenvalue weighted by molar-refractivity contribution is 5.81. The van der Waals surface area contributed by atoms with Crippen LogP contribution in [0.1, 0.15) is 53.4 Å². The first-order valence-corrected chi connectivity index (χ1v) is 7.86. The molecule has 1 saturated heterocycles. The van der Waals surface area contributed by atoms with E-state index in [0.717, 1.165) is 45.3 Å². The molecule has 0 aromatic heterocycles. The largest absolute Gasteiger partial charge is 0.352 e. The fourth-order valence-corrected chi connectivity index (χ4v) is 2.89.